The van der Waals surface area contributed by atoms with E-state index in [0.29, 0.717) is 11.4 Å². The number of aromatic nitrogens is 1. The molecule has 1 aromatic heterocycles. The zero-order chi connectivity index (χ0) is 22.9. The van der Waals surface area contributed by atoms with Gasteiger partial charge in [-0.1, -0.05) is 29.8 Å². The van der Waals surface area contributed by atoms with E-state index in [9.17, 15) is 9.18 Å². The lowest BCUT2D eigenvalue weighted by Gasteiger charge is -2.38. The standard InChI is InChI=1S/C26H28ClFN4O/c1-29-15-17-5-6-24(21(27)13-17)31-11-8-20(9-12-31)32-10-7-19(16-32)23-14-18-3-2-4-22(28)25(18)26(33)30-23/h2-6,13-15,19-20H,7-12,16H2,1H3,(H,30,33). The first-order chi connectivity index (χ1) is 16.0. The Bertz CT molecular complexity index is 1250. The Morgan fingerprint density at radius 1 is 1.12 bits per heavy atom. The van der Waals surface area contributed by atoms with Crippen LogP contribution < -0.4 is 10.5 Å². The van der Waals surface area contributed by atoms with Gasteiger partial charge in [0.15, 0.2) is 0 Å². The van der Waals surface area contributed by atoms with Crippen LogP contribution in [0.1, 0.15) is 36.4 Å². The third kappa shape index (κ3) is 4.42. The monoisotopic (exact) mass is 466 g/mol. The number of likely N-dealkylation sites (tertiary alicyclic amines) is 1. The van der Waals surface area contributed by atoms with E-state index in [1.54, 1.807) is 13.1 Å². The van der Waals surface area contributed by atoms with Crippen LogP contribution in [0.15, 0.2) is 52.3 Å². The van der Waals surface area contributed by atoms with Crippen molar-refractivity contribution in [2.45, 2.75) is 31.2 Å². The first-order valence-electron chi connectivity index (χ1n) is 11.6. The smallest absolute Gasteiger partial charge is 0.259 e. The Labute approximate surface area is 197 Å². The number of aliphatic imine (C=N–C) groups is 1. The molecule has 2 saturated heterocycles. The van der Waals surface area contributed by atoms with Crippen molar-refractivity contribution in [3.63, 3.8) is 0 Å². The number of hydrogen-bond acceptors (Lipinski definition) is 4. The van der Waals surface area contributed by atoms with Crippen LogP contribution in [0.4, 0.5) is 10.1 Å². The van der Waals surface area contributed by atoms with Crippen LogP contribution in [0.3, 0.4) is 0 Å². The summed E-state index contributed by atoms with van der Waals surface area (Å²) in [5, 5.41) is 1.59. The molecule has 172 valence electrons. The fraction of sp³-hybridized carbons (Fsp3) is 0.385. The van der Waals surface area contributed by atoms with Crippen LogP contribution in [0.25, 0.3) is 10.8 Å². The highest BCUT2D eigenvalue weighted by Crippen LogP contribution is 2.33. The molecular formula is C26H28ClFN4O. The topological polar surface area (TPSA) is 51.7 Å². The third-order valence-corrected chi connectivity index (χ3v) is 7.38. The highest BCUT2D eigenvalue weighted by atomic mass is 35.5. The number of anilines is 1. The number of hydrogen-bond donors (Lipinski definition) is 1. The van der Waals surface area contributed by atoms with Gasteiger partial charge in [-0.25, -0.2) is 4.39 Å². The summed E-state index contributed by atoms with van der Waals surface area (Å²) in [7, 11) is 1.76. The van der Waals surface area contributed by atoms with Gasteiger partial charge in [-0.2, -0.15) is 0 Å². The van der Waals surface area contributed by atoms with Gasteiger partial charge in [0.25, 0.3) is 5.56 Å². The second kappa shape index (κ2) is 9.27. The molecule has 2 aliphatic rings. The summed E-state index contributed by atoms with van der Waals surface area (Å²) in [6.45, 7) is 3.88. The number of piperidine rings is 1. The zero-order valence-electron chi connectivity index (χ0n) is 18.7. The van der Waals surface area contributed by atoms with E-state index in [-0.39, 0.29) is 16.9 Å². The predicted octanol–water partition coefficient (Wildman–Crippen LogP) is 4.83. The molecule has 2 aromatic carbocycles. The normalized spacial score (nSPS) is 20.3. The van der Waals surface area contributed by atoms with Crippen LogP contribution in [0, 0.1) is 5.82 Å². The molecule has 7 heteroatoms. The number of nitrogens with zero attached hydrogens (tertiary/aromatic N) is 3. The van der Waals surface area contributed by atoms with E-state index in [2.05, 4.69) is 31.9 Å². The highest BCUT2D eigenvalue weighted by molar-refractivity contribution is 6.33. The van der Waals surface area contributed by atoms with Crippen LogP contribution >= 0.6 is 11.6 Å². The van der Waals surface area contributed by atoms with Crippen LogP contribution in [-0.4, -0.2) is 55.4 Å². The number of aromatic amines is 1. The number of halogens is 2. The van der Waals surface area contributed by atoms with Crippen molar-refractivity contribution in [2.24, 2.45) is 4.99 Å². The molecule has 0 amide bonds. The third-order valence-electron chi connectivity index (χ3n) is 7.07. The summed E-state index contributed by atoms with van der Waals surface area (Å²) in [6, 6.07) is 13.4. The molecule has 2 fully saturated rings. The molecule has 33 heavy (non-hydrogen) atoms. The number of benzene rings is 2. The maximum Gasteiger partial charge on any atom is 0.259 e. The molecule has 3 heterocycles. The molecule has 2 aliphatic heterocycles. The molecule has 5 nitrogen and oxygen atoms in total. The number of fused-ring (bicyclic) bond motifs is 1. The summed E-state index contributed by atoms with van der Waals surface area (Å²) in [5.41, 5.74) is 2.68. The molecular weight excluding hydrogens is 439 g/mol. The molecule has 1 atom stereocenters. The Kier molecular flexibility index (Phi) is 6.21. The molecule has 1 unspecified atom stereocenters. The number of H-pyrrole nitrogens is 1. The lowest BCUT2D eigenvalue weighted by Crippen LogP contribution is -2.44. The highest BCUT2D eigenvalue weighted by Gasteiger charge is 2.32. The van der Waals surface area contributed by atoms with Crippen LogP contribution in [-0.2, 0) is 0 Å². The van der Waals surface area contributed by atoms with Crippen molar-refractivity contribution < 1.29 is 4.39 Å². The Hall–Kier alpha value is -2.70. The van der Waals surface area contributed by atoms with Gasteiger partial charge in [0.1, 0.15) is 5.82 Å². The lowest BCUT2D eigenvalue weighted by atomic mass is 10.0. The predicted molar refractivity (Wildman–Crippen MR) is 134 cm³/mol. The van der Waals surface area contributed by atoms with Gasteiger partial charge in [0, 0.05) is 50.6 Å². The Morgan fingerprint density at radius 3 is 2.70 bits per heavy atom. The zero-order valence-corrected chi connectivity index (χ0v) is 19.5. The fourth-order valence-corrected chi connectivity index (χ4v) is 5.68. The Balaban J connectivity index is 1.24. The molecule has 0 bridgehead atoms. The number of pyridine rings is 1. The molecule has 0 radical (unpaired) electrons. The first kappa shape index (κ1) is 22.1. The minimum Gasteiger partial charge on any atom is -0.370 e. The SMILES string of the molecule is CN=Cc1ccc(N2CCC(N3CCC(c4cc5cccc(F)c5c(=O)[nH]4)C3)CC2)c(Cl)c1. The molecule has 0 aliphatic carbocycles. The summed E-state index contributed by atoms with van der Waals surface area (Å²) in [6.07, 6.45) is 4.98. The van der Waals surface area contributed by atoms with Crippen molar-refractivity contribution in [2.75, 3.05) is 38.1 Å². The second-order valence-electron chi connectivity index (χ2n) is 9.05. The van der Waals surface area contributed by atoms with Crippen molar-refractivity contribution in [3.8, 4) is 0 Å². The van der Waals surface area contributed by atoms with Crippen molar-refractivity contribution >= 4 is 34.3 Å². The van der Waals surface area contributed by atoms with E-state index >= 15 is 0 Å². The number of nitrogens with one attached hydrogen (secondary N) is 1. The summed E-state index contributed by atoms with van der Waals surface area (Å²) in [4.78, 5) is 24.4. The molecule has 5 rings (SSSR count). The van der Waals surface area contributed by atoms with Gasteiger partial charge in [-0.15, -0.1) is 0 Å². The van der Waals surface area contributed by atoms with E-state index in [1.807, 2.05) is 24.4 Å². The molecule has 0 spiro atoms. The minimum atomic E-state index is -0.464. The maximum atomic E-state index is 14.0. The summed E-state index contributed by atoms with van der Waals surface area (Å²) in [5.74, 6) is -0.195. The van der Waals surface area contributed by atoms with Crippen LogP contribution in [0.5, 0.6) is 0 Å². The number of rotatable bonds is 4. The van der Waals surface area contributed by atoms with Gasteiger partial charge in [0.05, 0.1) is 16.1 Å². The van der Waals surface area contributed by atoms with E-state index in [4.69, 9.17) is 11.6 Å². The van der Waals surface area contributed by atoms with Gasteiger partial charge in [0.2, 0.25) is 0 Å². The first-order valence-corrected chi connectivity index (χ1v) is 11.9. The van der Waals surface area contributed by atoms with Crippen molar-refractivity contribution in [1.82, 2.24) is 9.88 Å². The van der Waals surface area contributed by atoms with Gasteiger partial charge in [-0.3, -0.25) is 14.7 Å². The largest absolute Gasteiger partial charge is 0.370 e. The van der Waals surface area contributed by atoms with Gasteiger partial charge >= 0.3 is 0 Å². The lowest BCUT2D eigenvalue weighted by molar-refractivity contribution is 0.205. The van der Waals surface area contributed by atoms with E-state index < -0.39 is 5.82 Å². The van der Waals surface area contributed by atoms with Gasteiger partial charge in [-0.05, 0) is 61.0 Å². The van der Waals surface area contributed by atoms with E-state index in [0.717, 1.165) is 67.4 Å². The van der Waals surface area contributed by atoms with Crippen molar-refractivity contribution in [1.29, 1.82) is 0 Å². The molecule has 3 aromatic rings. The minimum absolute atomic E-state index is 0.150. The average molecular weight is 467 g/mol. The van der Waals surface area contributed by atoms with Gasteiger partial charge < -0.3 is 9.88 Å². The van der Waals surface area contributed by atoms with E-state index in [1.165, 1.54) is 6.07 Å². The van der Waals surface area contributed by atoms with Crippen LogP contribution in [0.2, 0.25) is 5.02 Å². The maximum absolute atomic E-state index is 14.0. The second-order valence-corrected chi connectivity index (χ2v) is 9.46. The average Bonchev–Trinajstić information content (AvgIpc) is 3.30. The Morgan fingerprint density at radius 2 is 1.94 bits per heavy atom. The van der Waals surface area contributed by atoms with Crippen molar-refractivity contribution in [3.05, 3.63) is 74.9 Å². The molecule has 1 N–H and O–H groups in total. The summed E-state index contributed by atoms with van der Waals surface area (Å²) < 4.78 is 14.0. The molecule has 0 saturated carbocycles. The fourth-order valence-electron chi connectivity index (χ4n) is 5.37. The summed E-state index contributed by atoms with van der Waals surface area (Å²) >= 11 is 6.55. The quantitative estimate of drug-likeness (QED) is 0.560.